The first-order valence-corrected chi connectivity index (χ1v) is 26.7. The molecule has 2 aromatic carbocycles. The topological polar surface area (TPSA) is 266 Å². The fourth-order valence-electron chi connectivity index (χ4n) is 11.2. The summed E-state index contributed by atoms with van der Waals surface area (Å²) in [5, 5.41) is 46.3. The van der Waals surface area contributed by atoms with Crippen LogP contribution in [0.4, 0.5) is 17.2 Å². The molecule has 2 unspecified atom stereocenters. The van der Waals surface area contributed by atoms with Crippen LogP contribution in [0.2, 0.25) is 0 Å². The number of carbonyl (C=O) groups excluding carboxylic acids is 2. The van der Waals surface area contributed by atoms with Gasteiger partial charge in [-0.05, 0) is 90.9 Å². The van der Waals surface area contributed by atoms with Crippen LogP contribution in [0.1, 0.15) is 87.7 Å². The maximum atomic E-state index is 14.2. The third kappa shape index (κ3) is 11.3. The van der Waals surface area contributed by atoms with E-state index < -0.39 is 24.1 Å². The first kappa shape index (κ1) is 52.3. The second-order valence-electron chi connectivity index (χ2n) is 20.9. The number of ether oxygens (including phenoxy) is 3. The Balaban J connectivity index is 0.627. The zero-order valence-electron chi connectivity index (χ0n) is 44.0. The highest BCUT2D eigenvalue weighted by molar-refractivity contribution is 5.91. The quantitative estimate of drug-likeness (QED) is 0.0680. The number of anilines is 3. The van der Waals surface area contributed by atoms with E-state index in [1.54, 1.807) is 53.6 Å². The number of amides is 2. The summed E-state index contributed by atoms with van der Waals surface area (Å²) in [6.07, 6.45) is 9.46. The smallest absolute Gasteiger partial charge is 0.255 e. The van der Waals surface area contributed by atoms with Crippen molar-refractivity contribution in [3.8, 4) is 52.0 Å². The lowest BCUT2D eigenvalue weighted by Gasteiger charge is -2.43. The molecule has 408 valence electrons. The first-order valence-electron chi connectivity index (χ1n) is 26.7. The number of piperazine rings is 1. The SMILES string of the molecule is CC(C)[C@H](C(=O)N1C[C@H](O)C[C@H]1C(=O)N[C@@H](C)c1ccc(-n2ccnc2CO)cc1)c1cc(OCC#Cc2ccc(OC3CC(Oc4cc(N5C6CCC5CN(c5cc(-c7ccccc7O)nnc5N)C6)ccn4)C3)cn2)no1. The molecule has 1 aliphatic carbocycles. The molecule has 0 radical (unpaired) electrons. The number of aliphatic hydroxyl groups is 2. The van der Waals surface area contributed by atoms with E-state index in [-0.39, 0.29) is 85.6 Å². The molecule has 1 saturated carbocycles. The maximum Gasteiger partial charge on any atom is 0.255 e. The second kappa shape index (κ2) is 22.7. The second-order valence-corrected chi connectivity index (χ2v) is 20.9. The molecule has 8 heterocycles. The number of phenols is 1. The van der Waals surface area contributed by atoms with E-state index in [2.05, 4.69) is 57.3 Å². The Bertz CT molecular complexity index is 3340. The van der Waals surface area contributed by atoms with Crippen LogP contribution in [0, 0.1) is 17.8 Å². The number of β-amino-alcohol motifs (C(OH)–C–C–N with tert-alkyl or cyclic N) is 1. The number of nitrogens with zero attached hydrogens (tertiary/aromatic N) is 10. The number of hydrogen-bond donors (Lipinski definition) is 5. The number of nitrogens with one attached hydrogen (secondary N) is 1. The van der Waals surface area contributed by atoms with E-state index in [0.717, 1.165) is 48.6 Å². The van der Waals surface area contributed by atoms with Gasteiger partial charge in [-0.25, -0.2) is 15.0 Å². The van der Waals surface area contributed by atoms with Gasteiger partial charge < -0.3 is 64.4 Å². The fraction of sp³-hybridized carbons (Fsp3) is 0.379. The molecule has 6 N–H and O–H groups in total. The highest BCUT2D eigenvalue weighted by Crippen LogP contribution is 2.41. The van der Waals surface area contributed by atoms with Crippen molar-refractivity contribution in [2.45, 2.75) is 108 Å². The number of carbonyl (C=O) groups is 2. The Morgan fingerprint density at radius 2 is 1.65 bits per heavy atom. The fourth-order valence-corrected chi connectivity index (χ4v) is 11.2. The number of imidazole rings is 1. The number of para-hydroxylation sites is 1. The van der Waals surface area contributed by atoms with Crippen LogP contribution in [-0.2, 0) is 16.2 Å². The summed E-state index contributed by atoms with van der Waals surface area (Å²) in [5.41, 5.74) is 11.6. The van der Waals surface area contributed by atoms with E-state index in [9.17, 15) is 24.9 Å². The highest BCUT2D eigenvalue weighted by atomic mass is 16.5. The Hall–Kier alpha value is -8.74. The van der Waals surface area contributed by atoms with Crippen molar-refractivity contribution in [3.05, 3.63) is 133 Å². The average Bonchev–Trinajstić information content (AvgIpc) is 4.45. The van der Waals surface area contributed by atoms with Crippen molar-refractivity contribution < 1.29 is 43.6 Å². The number of benzene rings is 2. The van der Waals surface area contributed by atoms with Gasteiger partial charge in [-0.1, -0.05) is 44.0 Å². The van der Waals surface area contributed by atoms with Crippen LogP contribution in [0.15, 0.2) is 114 Å². The molecule has 2 bridgehead atoms. The zero-order chi connectivity index (χ0) is 54.7. The van der Waals surface area contributed by atoms with Crippen LogP contribution in [0.25, 0.3) is 16.9 Å². The summed E-state index contributed by atoms with van der Waals surface area (Å²) in [4.78, 5) is 47.3. The van der Waals surface area contributed by atoms with Crippen molar-refractivity contribution in [2.75, 3.05) is 41.8 Å². The van der Waals surface area contributed by atoms with E-state index in [4.69, 9.17) is 24.5 Å². The summed E-state index contributed by atoms with van der Waals surface area (Å²) in [7, 11) is 0. The van der Waals surface area contributed by atoms with Crippen LogP contribution < -0.4 is 35.1 Å². The van der Waals surface area contributed by atoms with Gasteiger partial charge in [0.25, 0.3) is 5.88 Å². The third-order valence-corrected chi connectivity index (χ3v) is 15.2. The number of phenolic OH excluding ortho intramolecular Hbond substituents is 1. The summed E-state index contributed by atoms with van der Waals surface area (Å²) >= 11 is 0. The molecule has 21 nitrogen and oxygen atoms in total. The highest BCUT2D eigenvalue weighted by Gasteiger charge is 2.44. The number of pyridine rings is 2. The number of aromatic nitrogens is 7. The molecule has 79 heavy (non-hydrogen) atoms. The molecule has 4 aliphatic rings. The summed E-state index contributed by atoms with van der Waals surface area (Å²) in [5.74, 6) is 6.81. The van der Waals surface area contributed by atoms with Gasteiger partial charge in [-0.2, -0.15) is 0 Å². The van der Waals surface area contributed by atoms with Crippen LogP contribution in [-0.4, -0.2) is 130 Å². The van der Waals surface area contributed by atoms with Gasteiger partial charge >= 0.3 is 0 Å². The van der Waals surface area contributed by atoms with Crippen molar-refractivity contribution in [1.29, 1.82) is 0 Å². The molecule has 3 saturated heterocycles. The number of likely N-dealkylation sites (tertiary alicyclic amines) is 1. The summed E-state index contributed by atoms with van der Waals surface area (Å²) in [6, 6.07) is 25.0. The Morgan fingerprint density at radius 1 is 0.861 bits per heavy atom. The summed E-state index contributed by atoms with van der Waals surface area (Å²) < 4.78 is 25.7. The van der Waals surface area contributed by atoms with E-state index >= 15 is 0 Å². The van der Waals surface area contributed by atoms with Gasteiger partial charge in [-0.15, -0.1) is 10.2 Å². The van der Waals surface area contributed by atoms with Gasteiger partial charge in [0.05, 0.1) is 29.7 Å². The zero-order valence-corrected chi connectivity index (χ0v) is 44.0. The molecular formula is C58H62N12O9. The van der Waals surface area contributed by atoms with Crippen molar-refractivity contribution in [3.63, 3.8) is 0 Å². The number of rotatable bonds is 17. The maximum absolute atomic E-state index is 14.2. The van der Waals surface area contributed by atoms with E-state index in [0.29, 0.717) is 53.1 Å². The summed E-state index contributed by atoms with van der Waals surface area (Å²) in [6.45, 7) is 6.91. The predicted molar refractivity (Wildman–Crippen MR) is 290 cm³/mol. The molecule has 0 spiro atoms. The van der Waals surface area contributed by atoms with E-state index in [1.807, 2.05) is 81.4 Å². The largest absolute Gasteiger partial charge is 0.507 e. The standard InChI is InChI=1S/C58H62N12O9/c1-34(2)55(58(75)69-32-42(72)24-49(69)57(74)63-35(3)36-10-13-38(14-11-36)68-21-20-60-52(68)33-71)51-28-54(66-79-51)76-22-6-7-37-12-17-43(29-62-37)77-44-25-45(26-44)78-53-23-39(18-19-61-53)70-40-15-16-41(70)31-67(30-40)48-27-47(64-65-56(48)59)46-8-4-5-9-50(46)73/h4-5,8-14,17-21,23,27-29,34-35,40-42,44-45,49,55,71-73H,15-16,22,24-26,30-33H2,1-3H3,(H2,59,65)(H,63,74)/t35-,40?,41?,42+,44?,45?,49-,55-/m0/s1. The first-order chi connectivity index (χ1) is 38.3. The number of aliphatic hydroxyl groups excluding tert-OH is 2. The normalized spacial score (nSPS) is 21.2. The van der Waals surface area contributed by atoms with Gasteiger partial charge in [0.1, 0.15) is 53.8 Å². The molecule has 6 atom stereocenters. The van der Waals surface area contributed by atoms with Crippen LogP contribution in [0.5, 0.6) is 23.3 Å². The Morgan fingerprint density at radius 3 is 2.39 bits per heavy atom. The number of fused-ring (bicyclic) bond motifs is 2. The molecule has 5 aromatic heterocycles. The Labute approximate surface area is 456 Å². The monoisotopic (exact) mass is 1070 g/mol. The van der Waals surface area contributed by atoms with E-state index in [1.165, 1.54) is 4.90 Å². The lowest BCUT2D eigenvalue weighted by molar-refractivity contribution is -0.141. The van der Waals surface area contributed by atoms with Crippen LogP contribution >= 0.6 is 0 Å². The molecule has 11 rings (SSSR count). The number of hydrogen-bond acceptors (Lipinski definition) is 18. The molecule has 7 aromatic rings. The van der Waals surface area contributed by atoms with Gasteiger partial charge in [-0.3, -0.25) is 9.59 Å². The number of aromatic hydroxyl groups is 1. The van der Waals surface area contributed by atoms with Crippen molar-refractivity contribution >= 4 is 29.0 Å². The molecule has 3 aliphatic heterocycles. The Kier molecular flexibility index (Phi) is 15.0. The predicted octanol–water partition coefficient (Wildman–Crippen LogP) is 5.74. The number of nitrogen functional groups attached to an aromatic ring is 1. The average molecular weight is 1070 g/mol. The van der Waals surface area contributed by atoms with Gasteiger partial charge in [0, 0.05) is 98.6 Å². The lowest BCUT2D eigenvalue weighted by Crippen LogP contribution is -2.54. The minimum absolute atomic E-state index is 0.00177. The molecule has 21 heteroatoms. The third-order valence-electron chi connectivity index (χ3n) is 15.2. The van der Waals surface area contributed by atoms with Crippen molar-refractivity contribution in [1.82, 2.24) is 45.1 Å². The molecule has 2 amide bonds. The van der Waals surface area contributed by atoms with Crippen LogP contribution in [0.3, 0.4) is 0 Å². The number of nitrogens with two attached hydrogens (primary N) is 1. The minimum atomic E-state index is -0.894. The van der Waals surface area contributed by atoms with Crippen molar-refractivity contribution in [2.24, 2.45) is 5.92 Å². The van der Waals surface area contributed by atoms with Gasteiger partial charge in [0.15, 0.2) is 18.2 Å². The minimum Gasteiger partial charge on any atom is -0.507 e. The van der Waals surface area contributed by atoms with Gasteiger partial charge in [0.2, 0.25) is 17.7 Å². The lowest BCUT2D eigenvalue weighted by atomic mass is 9.91. The molecular weight excluding hydrogens is 1010 g/mol. The molecule has 4 fully saturated rings.